The number of hydrogen-bond donors (Lipinski definition) is 6. The molecule has 4 aliphatic heterocycles. The van der Waals surface area contributed by atoms with Gasteiger partial charge >= 0.3 is 5.97 Å². The van der Waals surface area contributed by atoms with E-state index in [4.69, 9.17) is 37.9 Å². The van der Waals surface area contributed by atoms with E-state index in [1.165, 1.54) is 20.1 Å². The lowest BCUT2D eigenvalue weighted by Crippen LogP contribution is -2.65. The average molecular weight is 916 g/mol. The Bertz CT molecular complexity index is 1560. The fourth-order valence-corrected chi connectivity index (χ4v) is 9.62. The highest BCUT2D eigenvalue weighted by Crippen LogP contribution is 2.38. The van der Waals surface area contributed by atoms with E-state index in [2.05, 4.69) is 0 Å². The van der Waals surface area contributed by atoms with Gasteiger partial charge in [-0.1, -0.05) is 38.5 Å². The van der Waals surface area contributed by atoms with E-state index in [1.807, 2.05) is 13.0 Å². The van der Waals surface area contributed by atoms with Crippen LogP contribution >= 0.6 is 0 Å². The van der Waals surface area contributed by atoms with Crippen LogP contribution < -0.4 is 0 Å². The zero-order valence-electron chi connectivity index (χ0n) is 39.4. The van der Waals surface area contributed by atoms with Gasteiger partial charge in [-0.25, -0.2) is 0 Å². The number of aliphatic hydroxyl groups excluding tert-OH is 5. The number of ether oxygens (including phenoxy) is 8. The van der Waals surface area contributed by atoms with E-state index in [1.54, 1.807) is 66.6 Å². The molecule has 0 bridgehead atoms. The third kappa shape index (κ3) is 13.5. The molecular weight excluding hydrogens is 838 g/mol. The Morgan fingerprint density at radius 3 is 2.17 bits per heavy atom. The van der Waals surface area contributed by atoms with Gasteiger partial charge in [-0.3, -0.25) is 9.59 Å². The van der Waals surface area contributed by atoms with Gasteiger partial charge in [0.15, 0.2) is 24.7 Å². The van der Waals surface area contributed by atoms with E-state index in [-0.39, 0.29) is 38.3 Å². The first-order valence-electron chi connectivity index (χ1n) is 22.8. The van der Waals surface area contributed by atoms with Crippen LogP contribution in [0.5, 0.6) is 0 Å². The number of methoxy groups -OCH3 is 1. The van der Waals surface area contributed by atoms with Crippen molar-refractivity contribution in [1.29, 1.82) is 0 Å². The standard InChI is InChI=1S/C46H77NO17/c1-12-34-30(22-58-45-42(57-11)31(21-49)38(53)26(5)60-45)17-23(2)13-14-32(50)24(3)18-29(15-16-48)40(25(4)33(51)19-35(52)62-34)64-44-39(54)37(47(9)10)41(27(6)61-44)63-36-20-46(8,56)43(55)28(7)59-36/h13-14,16-17,24-31,33-34,36-45,49,51,53-56H,12,15,18-22H2,1-11H3/t24-,25+,26?,27?,28?,29+,30-,31+,33-,34-,36+,37+,38-,39?,40-,41-,42?,43+,44+,45-,46?/m1/s1. The molecule has 18 nitrogen and oxygen atoms in total. The first-order chi connectivity index (χ1) is 30.1. The second-order valence-corrected chi connectivity index (χ2v) is 18.9. The van der Waals surface area contributed by atoms with Gasteiger partial charge in [0.1, 0.15) is 36.8 Å². The summed E-state index contributed by atoms with van der Waals surface area (Å²) in [6.07, 6.45) is -8.04. The number of rotatable bonds is 13. The van der Waals surface area contributed by atoms with Crippen molar-refractivity contribution in [2.45, 2.75) is 185 Å². The summed E-state index contributed by atoms with van der Waals surface area (Å²) in [5.41, 5.74) is -0.825. The van der Waals surface area contributed by atoms with Crippen molar-refractivity contribution in [3.05, 3.63) is 23.8 Å². The van der Waals surface area contributed by atoms with Crippen LogP contribution in [0.2, 0.25) is 0 Å². The molecule has 0 spiro atoms. The second-order valence-electron chi connectivity index (χ2n) is 18.9. The number of allylic oxidation sites excluding steroid dienone is 3. The minimum Gasteiger partial charge on any atom is -0.462 e. The third-order valence-electron chi connectivity index (χ3n) is 13.6. The number of carbonyl (C=O) groups excluding carboxylic acids is 3. The van der Waals surface area contributed by atoms with Crippen LogP contribution in [0.3, 0.4) is 0 Å². The molecule has 6 N–H and O–H groups in total. The molecule has 4 aliphatic rings. The topological polar surface area (TPSA) is 250 Å². The van der Waals surface area contributed by atoms with Crippen LogP contribution in [0.15, 0.2) is 23.8 Å². The molecule has 0 radical (unpaired) electrons. The Morgan fingerprint density at radius 2 is 1.58 bits per heavy atom. The smallest absolute Gasteiger partial charge is 0.308 e. The van der Waals surface area contributed by atoms with Crippen molar-refractivity contribution in [3.63, 3.8) is 0 Å². The number of hydrogen-bond acceptors (Lipinski definition) is 18. The highest BCUT2D eigenvalue weighted by atomic mass is 16.7. The summed E-state index contributed by atoms with van der Waals surface area (Å²) in [4.78, 5) is 41.5. The highest BCUT2D eigenvalue weighted by molar-refractivity contribution is 5.91. The average Bonchev–Trinajstić information content (AvgIpc) is 3.23. The summed E-state index contributed by atoms with van der Waals surface area (Å²) in [5.74, 6) is -4.33. The normalized spacial score (nSPS) is 44.6. The largest absolute Gasteiger partial charge is 0.462 e. The van der Waals surface area contributed by atoms with Gasteiger partial charge in [0, 0.05) is 43.6 Å². The molecule has 4 heterocycles. The molecule has 0 aromatic carbocycles. The molecule has 6 unspecified atom stereocenters. The zero-order valence-corrected chi connectivity index (χ0v) is 39.4. The Morgan fingerprint density at radius 1 is 0.906 bits per heavy atom. The lowest BCUT2D eigenvalue weighted by molar-refractivity contribution is -0.341. The van der Waals surface area contributed by atoms with E-state index in [0.29, 0.717) is 18.3 Å². The van der Waals surface area contributed by atoms with Crippen LogP contribution in [0.1, 0.15) is 87.5 Å². The van der Waals surface area contributed by atoms with Crippen molar-refractivity contribution in [2.75, 3.05) is 34.4 Å². The molecule has 0 amide bonds. The van der Waals surface area contributed by atoms with Gasteiger partial charge in [-0.2, -0.15) is 0 Å². The minimum absolute atomic E-state index is 0.0340. The second kappa shape index (κ2) is 24.1. The predicted octanol–water partition coefficient (Wildman–Crippen LogP) is 1.43. The summed E-state index contributed by atoms with van der Waals surface area (Å²) in [5, 5.41) is 65.8. The van der Waals surface area contributed by atoms with Crippen LogP contribution in [-0.4, -0.2) is 186 Å². The maximum Gasteiger partial charge on any atom is 0.308 e. The minimum atomic E-state index is -1.49. The molecule has 64 heavy (non-hydrogen) atoms. The summed E-state index contributed by atoms with van der Waals surface area (Å²) in [6.45, 7) is 13.2. The molecule has 18 heteroatoms. The third-order valence-corrected chi connectivity index (χ3v) is 13.6. The monoisotopic (exact) mass is 916 g/mol. The molecule has 0 aromatic rings. The zero-order chi connectivity index (χ0) is 47.8. The fraction of sp³-hybridized carbons (Fsp3) is 0.848. The molecule has 3 fully saturated rings. The molecular formula is C46H77NO17. The van der Waals surface area contributed by atoms with Crippen LogP contribution in [0, 0.1) is 29.6 Å². The van der Waals surface area contributed by atoms with Gasteiger partial charge in [0.2, 0.25) is 0 Å². The summed E-state index contributed by atoms with van der Waals surface area (Å²) >= 11 is 0. The predicted molar refractivity (Wildman–Crippen MR) is 230 cm³/mol. The Balaban J connectivity index is 1.62. The van der Waals surface area contributed by atoms with Crippen molar-refractivity contribution in [3.8, 4) is 0 Å². The van der Waals surface area contributed by atoms with Gasteiger partial charge < -0.3 is 78.2 Å². The molecule has 0 aliphatic carbocycles. The lowest BCUT2D eigenvalue weighted by Gasteiger charge is -2.50. The van der Waals surface area contributed by atoms with E-state index in [9.17, 15) is 45.0 Å². The summed E-state index contributed by atoms with van der Waals surface area (Å²) in [7, 11) is 4.93. The van der Waals surface area contributed by atoms with Gasteiger partial charge in [0.25, 0.3) is 0 Å². The number of aldehydes is 1. The maximum absolute atomic E-state index is 13.8. The SMILES string of the molecule is CC[C@H]1OC(=O)C[C@@H](O)[C@H](C)[C@@H](O[C@@H]2OC(C)[C@@H](O[C@H]3CC(C)(O)[C@@H](O)C(C)O3)[C@@H](N(C)C)C2O)[C@@H](CC=O)C[C@@H](C)C(=O)C=CC(C)=C[C@@H]1CO[C@@H]1OC(C)[C@@H](O)[C@H](CO)C1OC. The summed E-state index contributed by atoms with van der Waals surface area (Å²) < 4.78 is 49.0. The Labute approximate surface area is 378 Å². The lowest BCUT2D eigenvalue weighted by atomic mass is 9.79. The van der Waals surface area contributed by atoms with Gasteiger partial charge in [0.05, 0.1) is 67.9 Å². The molecule has 3 saturated heterocycles. The maximum atomic E-state index is 13.8. The molecule has 368 valence electrons. The fourth-order valence-electron chi connectivity index (χ4n) is 9.62. The number of nitrogens with zero attached hydrogens (tertiary/aromatic N) is 1. The molecule has 21 atom stereocenters. The van der Waals surface area contributed by atoms with E-state index >= 15 is 0 Å². The van der Waals surface area contributed by atoms with Crippen molar-refractivity contribution >= 4 is 18.0 Å². The van der Waals surface area contributed by atoms with Gasteiger partial charge in [-0.15, -0.1) is 0 Å². The molecule has 0 saturated carbocycles. The number of cyclic esters (lactones) is 1. The molecule has 0 aromatic heterocycles. The van der Waals surface area contributed by atoms with Crippen LogP contribution in [0.25, 0.3) is 0 Å². The number of carbonyl (C=O) groups is 3. The quantitative estimate of drug-likeness (QED) is 0.113. The van der Waals surface area contributed by atoms with Gasteiger partial charge in [-0.05, 0) is 73.5 Å². The van der Waals surface area contributed by atoms with E-state index < -0.39 is 140 Å². The number of aliphatic hydroxyl groups is 6. The highest BCUT2D eigenvalue weighted by Gasteiger charge is 2.52. The number of likely N-dealkylation sites (N-methyl/N-ethyl adjacent to an activating group) is 1. The number of ketones is 1. The van der Waals surface area contributed by atoms with Crippen molar-refractivity contribution in [1.82, 2.24) is 4.90 Å². The van der Waals surface area contributed by atoms with Crippen LogP contribution in [0.4, 0.5) is 0 Å². The first-order valence-corrected chi connectivity index (χ1v) is 22.8. The van der Waals surface area contributed by atoms with E-state index in [0.717, 1.165) is 0 Å². The van der Waals surface area contributed by atoms with Crippen molar-refractivity contribution < 1.29 is 82.9 Å². The Kier molecular flexibility index (Phi) is 20.5. The van der Waals surface area contributed by atoms with Crippen molar-refractivity contribution in [2.24, 2.45) is 29.6 Å². The first kappa shape index (κ1) is 54.3. The summed E-state index contributed by atoms with van der Waals surface area (Å²) in [6, 6.07) is -0.753. The Hall–Kier alpha value is -2.27. The van der Waals surface area contributed by atoms with Crippen LogP contribution in [-0.2, 0) is 52.3 Å². The number of esters is 1. The molecule has 4 rings (SSSR count).